The number of aliphatic carboxylic acids is 1. The van der Waals surface area contributed by atoms with E-state index in [1.165, 1.54) is 18.0 Å². The highest BCUT2D eigenvalue weighted by Crippen LogP contribution is 2.01. The van der Waals surface area contributed by atoms with E-state index >= 15 is 0 Å². The summed E-state index contributed by atoms with van der Waals surface area (Å²) < 4.78 is 4.79. The molecule has 1 rings (SSSR count). The van der Waals surface area contributed by atoms with E-state index in [0.717, 1.165) is 0 Å². The first-order valence-electron chi connectivity index (χ1n) is 5.29. The second-order valence-corrected chi connectivity index (χ2v) is 4.46. The lowest BCUT2D eigenvalue weighted by molar-refractivity contribution is -0.139. The summed E-state index contributed by atoms with van der Waals surface area (Å²) in [4.78, 5) is 22.4. The predicted octanol–water partition coefficient (Wildman–Crippen LogP) is 0.680. The molecule has 18 heavy (non-hydrogen) atoms. The van der Waals surface area contributed by atoms with Gasteiger partial charge in [0.25, 0.3) is 0 Å². The molecule has 8 heteroatoms. The van der Waals surface area contributed by atoms with Gasteiger partial charge in [0.1, 0.15) is 6.04 Å². The van der Waals surface area contributed by atoms with Crippen LogP contribution >= 0.6 is 11.8 Å². The Kier molecular flexibility index (Phi) is 6.06. The van der Waals surface area contributed by atoms with Gasteiger partial charge < -0.3 is 20.3 Å². The number of carboxylic acid groups (broad SMARTS) is 1. The van der Waals surface area contributed by atoms with Crippen LogP contribution in [0.3, 0.4) is 0 Å². The minimum Gasteiger partial charge on any atom is -0.480 e. The number of amides is 2. The van der Waals surface area contributed by atoms with Crippen LogP contribution in [0.25, 0.3) is 0 Å². The number of carbonyl (C=O) groups excluding carboxylic acids is 1. The Morgan fingerprint density at radius 2 is 2.39 bits per heavy atom. The zero-order chi connectivity index (χ0) is 13.4. The number of aromatic nitrogens is 1. The van der Waals surface area contributed by atoms with Crippen molar-refractivity contribution in [2.75, 3.05) is 12.0 Å². The maximum atomic E-state index is 11.5. The molecule has 0 unspecified atom stereocenters. The van der Waals surface area contributed by atoms with Crippen LogP contribution in [0.4, 0.5) is 4.79 Å². The highest BCUT2D eigenvalue weighted by atomic mass is 32.2. The number of hydrogen-bond acceptors (Lipinski definition) is 5. The van der Waals surface area contributed by atoms with E-state index in [1.807, 2.05) is 6.26 Å². The topological polar surface area (TPSA) is 104 Å². The molecule has 0 radical (unpaired) electrons. The Labute approximate surface area is 108 Å². The molecule has 0 aliphatic carbocycles. The molecular weight excluding hydrogens is 258 g/mol. The molecule has 100 valence electrons. The molecule has 2 amide bonds. The van der Waals surface area contributed by atoms with Crippen LogP contribution < -0.4 is 10.6 Å². The second kappa shape index (κ2) is 7.59. The van der Waals surface area contributed by atoms with E-state index in [0.29, 0.717) is 17.9 Å². The first kappa shape index (κ1) is 14.4. The molecule has 0 aliphatic heterocycles. The van der Waals surface area contributed by atoms with Crippen LogP contribution in [0.1, 0.15) is 12.2 Å². The number of thioether (sulfide) groups is 1. The van der Waals surface area contributed by atoms with Gasteiger partial charge in [0.2, 0.25) is 0 Å². The normalized spacial score (nSPS) is 11.8. The predicted molar refractivity (Wildman–Crippen MR) is 66.3 cm³/mol. The Morgan fingerprint density at radius 1 is 1.61 bits per heavy atom. The summed E-state index contributed by atoms with van der Waals surface area (Å²) in [7, 11) is 0. The number of nitrogens with one attached hydrogen (secondary N) is 2. The van der Waals surface area contributed by atoms with Crippen molar-refractivity contribution in [1.82, 2.24) is 15.8 Å². The van der Waals surface area contributed by atoms with E-state index in [9.17, 15) is 9.59 Å². The molecule has 7 nitrogen and oxygen atoms in total. The fourth-order valence-corrected chi connectivity index (χ4v) is 1.67. The van der Waals surface area contributed by atoms with Crippen LogP contribution in [-0.2, 0) is 11.3 Å². The van der Waals surface area contributed by atoms with Gasteiger partial charge in [-0.25, -0.2) is 9.59 Å². The fraction of sp³-hybridized carbons (Fsp3) is 0.500. The lowest BCUT2D eigenvalue weighted by atomic mass is 10.2. The van der Waals surface area contributed by atoms with Gasteiger partial charge in [-0.2, -0.15) is 11.8 Å². The van der Waals surface area contributed by atoms with Gasteiger partial charge in [-0.15, -0.1) is 0 Å². The number of urea groups is 1. The first-order valence-corrected chi connectivity index (χ1v) is 6.68. The van der Waals surface area contributed by atoms with Crippen LogP contribution in [0.2, 0.25) is 0 Å². The van der Waals surface area contributed by atoms with E-state index in [4.69, 9.17) is 9.63 Å². The van der Waals surface area contributed by atoms with Crippen molar-refractivity contribution in [2.24, 2.45) is 0 Å². The van der Waals surface area contributed by atoms with Crippen LogP contribution in [0.5, 0.6) is 0 Å². The minimum absolute atomic E-state index is 0.167. The summed E-state index contributed by atoms with van der Waals surface area (Å²) in [6.07, 6.45) is 3.72. The quantitative estimate of drug-likeness (QED) is 0.675. The lowest BCUT2D eigenvalue weighted by Gasteiger charge is -2.14. The molecule has 0 spiro atoms. The van der Waals surface area contributed by atoms with Gasteiger partial charge in [0.15, 0.2) is 5.76 Å². The fourth-order valence-electron chi connectivity index (χ4n) is 1.20. The molecule has 1 aromatic rings. The number of hydrogen-bond donors (Lipinski definition) is 3. The Balaban J connectivity index is 2.34. The van der Waals surface area contributed by atoms with Crippen molar-refractivity contribution in [3.05, 3.63) is 18.0 Å². The van der Waals surface area contributed by atoms with E-state index in [2.05, 4.69) is 15.8 Å². The molecule has 0 aromatic carbocycles. The smallest absolute Gasteiger partial charge is 0.326 e. The molecule has 0 saturated heterocycles. The third-order valence-electron chi connectivity index (χ3n) is 2.13. The zero-order valence-electron chi connectivity index (χ0n) is 9.88. The average molecular weight is 273 g/mol. The summed E-state index contributed by atoms with van der Waals surface area (Å²) >= 11 is 1.53. The Morgan fingerprint density at radius 3 is 2.94 bits per heavy atom. The van der Waals surface area contributed by atoms with Crippen LogP contribution in [0, 0.1) is 0 Å². The standard InChI is InChI=1S/C10H15N3O4S/c1-18-5-3-8(9(14)15)13-10(16)11-6-7-2-4-12-17-7/h2,4,8H,3,5-6H2,1H3,(H,14,15)(H2,11,13,16)/t8-/m1/s1. The maximum absolute atomic E-state index is 11.5. The van der Waals surface area contributed by atoms with Crippen molar-refractivity contribution in [3.63, 3.8) is 0 Å². The molecule has 0 fully saturated rings. The van der Waals surface area contributed by atoms with Crippen molar-refractivity contribution >= 4 is 23.8 Å². The average Bonchev–Trinajstić information content (AvgIpc) is 2.84. The van der Waals surface area contributed by atoms with Gasteiger partial charge in [-0.1, -0.05) is 5.16 Å². The van der Waals surface area contributed by atoms with Crippen molar-refractivity contribution in [1.29, 1.82) is 0 Å². The SMILES string of the molecule is CSCC[C@@H](NC(=O)NCc1ccno1)C(=O)O. The summed E-state index contributed by atoms with van der Waals surface area (Å²) in [5, 5.41) is 17.3. The zero-order valence-corrected chi connectivity index (χ0v) is 10.7. The highest BCUT2D eigenvalue weighted by molar-refractivity contribution is 7.98. The van der Waals surface area contributed by atoms with Gasteiger partial charge in [-0.05, 0) is 18.4 Å². The van der Waals surface area contributed by atoms with Crippen molar-refractivity contribution in [2.45, 2.75) is 19.0 Å². The molecule has 3 N–H and O–H groups in total. The van der Waals surface area contributed by atoms with E-state index in [-0.39, 0.29) is 6.54 Å². The minimum atomic E-state index is -1.04. The lowest BCUT2D eigenvalue weighted by Crippen LogP contribution is -2.46. The molecule has 0 bridgehead atoms. The molecular formula is C10H15N3O4S. The van der Waals surface area contributed by atoms with Crippen LogP contribution in [0.15, 0.2) is 16.8 Å². The monoisotopic (exact) mass is 273 g/mol. The number of carbonyl (C=O) groups is 2. The van der Waals surface area contributed by atoms with E-state index in [1.54, 1.807) is 6.07 Å². The highest BCUT2D eigenvalue weighted by Gasteiger charge is 2.19. The Bertz CT molecular complexity index is 382. The van der Waals surface area contributed by atoms with Gasteiger partial charge in [0, 0.05) is 6.07 Å². The maximum Gasteiger partial charge on any atom is 0.326 e. The molecule has 0 aliphatic rings. The van der Waals surface area contributed by atoms with Gasteiger partial charge >= 0.3 is 12.0 Å². The largest absolute Gasteiger partial charge is 0.480 e. The Hall–Kier alpha value is -1.70. The summed E-state index contributed by atoms with van der Waals surface area (Å²) in [5.41, 5.74) is 0. The first-order chi connectivity index (χ1) is 8.63. The summed E-state index contributed by atoms with van der Waals surface area (Å²) in [6, 6.07) is 0.190. The molecule has 1 atom stereocenters. The molecule has 1 aromatic heterocycles. The van der Waals surface area contributed by atoms with Gasteiger partial charge in [-0.3, -0.25) is 0 Å². The summed E-state index contributed by atoms with van der Waals surface area (Å²) in [6.45, 7) is 0.167. The number of nitrogens with zero attached hydrogens (tertiary/aromatic N) is 1. The third-order valence-corrected chi connectivity index (χ3v) is 2.77. The molecule has 1 heterocycles. The number of carboxylic acids is 1. The summed E-state index contributed by atoms with van der Waals surface area (Å²) in [5.74, 6) is 0.124. The van der Waals surface area contributed by atoms with E-state index < -0.39 is 18.0 Å². The molecule has 0 saturated carbocycles. The third kappa shape index (κ3) is 5.09. The van der Waals surface area contributed by atoms with Crippen LogP contribution in [-0.4, -0.2) is 40.3 Å². The second-order valence-electron chi connectivity index (χ2n) is 3.48. The van der Waals surface area contributed by atoms with Gasteiger partial charge in [0.05, 0.1) is 12.7 Å². The van der Waals surface area contributed by atoms with Crippen molar-refractivity contribution in [3.8, 4) is 0 Å². The van der Waals surface area contributed by atoms with Crippen molar-refractivity contribution < 1.29 is 19.2 Å². The number of rotatable bonds is 7.